The van der Waals surface area contributed by atoms with Crippen LogP contribution in [0.3, 0.4) is 0 Å². The number of fused-ring (bicyclic) bond motifs is 1. The molecule has 0 aliphatic carbocycles. The maximum absolute atomic E-state index is 13.9. The van der Waals surface area contributed by atoms with Crippen molar-refractivity contribution in [1.29, 1.82) is 0 Å². The molecule has 8 heteroatoms. The first kappa shape index (κ1) is 23.9. The van der Waals surface area contributed by atoms with Gasteiger partial charge in [-0.05, 0) is 55.3 Å². The lowest BCUT2D eigenvalue weighted by Gasteiger charge is -2.14. The van der Waals surface area contributed by atoms with E-state index in [1.165, 1.54) is 10.9 Å². The van der Waals surface area contributed by atoms with Crippen molar-refractivity contribution in [2.24, 2.45) is 0 Å². The number of anilines is 1. The van der Waals surface area contributed by atoms with E-state index in [4.69, 9.17) is 10.5 Å². The van der Waals surface area contributed by atoms with Crippen LogP contribution in [0, 0.1) is 13.8 Å². The summed E-state index contributed by atoms with van der Waals surface area (Å²) in [6.45, 7) is 4.02. The summed E-state index contributed by atoms with van der Waals surface area (Å²) in [6.07, 6.45) is 2.23. The molecule has 3 aromatic carbocycles. The van der Waals surface area contributed by atoms with E-state index in [0.29, 0.717) is 34.6 Å². The van der Waals surface area contributed by atoms with Gasteiger partial charge in [0, 0.05) is 23.1 Å². The first-order valence-corrected chi connectivity index (χ1v) is 11.7. The highest BCUT2D eigenvalue weighted by molar-refractivity contribution is 6.14. The minimum absolute atomic E-state index is 0.115. The molecule has 0 aliphatic heterocycles. The maximum atomic E-state index is 13.9. The van der Waals surface area contributed by atoms with Crippen LogP contribution in [0.2, 0.25) is 0 Å². The first-order chi connectivity index (χ1) is 17.8. The molecule has 37 heavy (non-hydrogen) atoms. The summed E-state index contributed by atoms with van der Waals surface area (Å²) in [5.41, 5.74) is 11.3. The Labute approximate surface area is 213 Å². The normalized spacial score (nSPS) is 11.1. The number of para-hydroxylation sites is 1. The third kappa shape index (κ3) is 4.02. The number of hydrogen-bond donors (Lipinski definition) is 2. The summed E-state index contributed by atoms with van der Waals surface area (Å²) in [4.78, 5) is 25.8. The van der Waals surface area contributed by atoms with Crippen molar-refractivity contribution in [1.82, 2.24) is 14.3 Å². The lowest BCUT2D eigenvalue weighted by molar-refractivity contribution is 0.103. The van der Waals surface area contributed by atoms with Crippen LogP contribution in [0.25, 0.3) is 16.6 Å². The number of aromatic nitrogens is 3. The summed E-state index contributed by atoms with van der Waals surface area (Å²) >= 11 is 0. The predicted molar refractivity (Wildman–Crippen MR) is 142 cm³/mol. The monoisotopic (exact) mass is 494 g/mol. The average molecular weight is 495 g/mol. The maximum Gasteiger partial charge on any atom is 0.214 e. The van der Waals surface area contributed by atoms with Crippen molar-refractivity contribution < 1.29 is 19.4 Å². The zero-order valence-corrected chi connectivity index (χ0v) is 20.7. The Morgan fingerprint density at radius 1 is 1.11 bits per heavy atom. The van der Waals surface area contributed by atoms with E-state index >= 15 is 0 Å². The summed E-state index contributed by atoms with van der Waals surface area (Å²) in [7, 11) is 1.60. The lowest BCUT2D eigenvalue weighted by atomic mass is 10.1. The zero-order valence-electron chi connectivity index (χ0n) is 20.7. The molecule has 5 aromatic rings. The number of phenolic OH excluding ortho intramolecular Hbond substituents is 1. The molecule has 0 fully saturated rings. The van der Waals surface area contributed by atoms with Gasteiger partial charge in [-0.2, -0.15) is 5.10 Å². The number of aromatic hydroxyl groups is 1. The molecule has 0 unspecified atom stereocenters. The number of rotatable bonds is 7. The van der Waals surface area contributed by atoms with E-state index in [1.807, 2.05) is 41.8 Å². The fourth-order valence-corrected chi connectivity index (χ4v) is 4.71. The van der Waals surface area contributed by atoms with E-state index in [9.17, 15) is 14.7 Å². The minimum Gasteiger partial charge on any atom is -0.508 e. The first-order valence-electron chi connectivity index (χ1n) is 11.7. The third-order valence-electron chi connectivity index (χ3n) is 6.68. The van der Waals surface area contributed by atoms with Crippen LogP contribution in [-0.4, -0.2) is 38.6 Å². The van der Waals surface area contributed by atoms with E-state index in [1.54, 1.807) is 44.4 Å². The third-order valence-corrected chi connectivity index (χ3v) is 6.68. The van der Waals surface area contributed by atoms with Crippen molar-refractivity contribution in [3.05, 3.63) is 100 Å². The van der Waals surface area contributed by atoms with Crippen LogP contribution in [0.1, 0.15) is 43.1 Å². The molecule has 2 heterocycles. The molecule has 0 bridgehead atoms. The second-order valence-electron chi connectivity index (χ2n) is 8.93. The highest BCUT2D eigenvalue weighted by atomic mass is 16.5. The molecule has 2 aromatic heterocycles. The Balaban J connectivity index is 1.65. The molecule has 0 saturated heterocycles. The van der Waals surface area contributed by atoms with Crippen molar-refractivity contribution in [2.75, 3.05) is 12.8 Å². The van der Waals surface area contributed by atoms with Gasteiger partial charge in [0.2, 0.25) is 5.78 Å². The average Bonchev–Trinajstić information content (AvgIpc) is 3.47. The number of nitrogens with two attached hydrogens (primary N) is 1. The van der Waals surface area contributed by atoms with E-state index in [-0.39, 0.29) is 22.9 Å². The Bertz CT molecular complexity index is 1660. The fraction of sp³-hybridized carbons (Fsp3) is 0.138. The standard InChI is InChI=1S/C29H26N4O4/c1-17-7-12-25(35)18(2)26(17)33-29(30)23(14-31-33)28(36)24-13-20-5-4-6-21(16-34)27(20)32(24)15-19-8-10-22(37-3)11-9-19/h4-14,16,35H,15,30H2,1-3H3. The Morgan fingerprint density at radius 2 is 1.86 bits per heavy atom. The molecule has 0 radical (unpaired) electrons. The number of nitrogen functional groups attached to an aromatic ring is 1. The fourth-order valence-electron chi connectivity index (χ4n) is 4.71. The Kier molecular flexibility index (Phi) is 6.01. The topological polar surface area (TPSA) is 112 Å². The summed E-state index contributed by atoms with van der Waals surface area (Å²) < 4.78 is 8.58. The molecule has 8 nitrogen and oxygen atoms in total. The SMILES string of the molecule is COc1ccc(Cn2c(C(=O)c3cnn(-c4c(C)ccc(O)c4C)c3N)cc3cccc(C=O)c32)cc1. The molecule has 0 spiro atoms. The number of ketones is 1. The van der Waals surface area contributed by atoms with Gasteiger partial charge in [0.25, 0.3) is 0 Å². The summed E-state index contributed by atoms with van der Waals surface area (Å²) in [5, 5.41) is 15.4. The van der Waals surface area contributed by atoms with Gasteiger partial charge in [0.1, 0.15) is 17.3 Å². The van der Waals surface area contributed by atoms with Crippen LogP contribution in [0.5, 0.6) is 11.5 Å². The number of aldehydes is 1. The Morgan fingerprint density at radius 3 is 2.57 bits per heavy atom. The number of hydrogen-bond acceptors (Lipinski definition) is 6. The van der Waals surface area contributed by atoms with Crippen LogP contribution in [0.15, 0.2) is 66.9 Å². The second kappa shape index (κ2) is 9.31. The smallest absolute Gasteiger partial charge is 0.214 e. The van der Waals surface area contributed by atoms with Gasteiger partial charge in [-0.15, -0.1) is 0 Å². The van der Waals surface area contributed by atoms with Crippen molar-refractivity contribution in [3.63, 3.8) is 0 Å². The number of aryl methyl sites for hydroxylation is 1. The summed E-state index contributed by atoms with van der Waals surface area (Å²) in [5.74, 6) is 0.688. The predicted octanol–water partition coefficient (Wildman–Crippen LogP) is 4.83. The number of ether oxygens (including phenoxy) is 1. The Hall–Kier alpha value is -4.85. The molecule has 0 aliphatic rings. The van der Waals surface area contributed by atoms with Gasteiger partial charge in [0.15, 0.2) is 6.29 Å². The number of benzene rings is 3. The lowest BCUT2D eigenvalue weighted by Crippen LogP contribution is -2.14. The largest absolute Gasteiger partial charge is 0.508 e. The van der Waals surface area contributed by atoms with Crippen LogP contribution in [-0.2, 0) is 6.54 Å². The summed E-state index contributed by atoms with van der Waals surface area (Å²) in [6, 6.07) is 18.1. The van der Waals surface area contributed by atoms with Gasteiger partial charge in [-0.25, -0.2) is 4.68 Å². The van der Waals surface area contributed by atoms with Gasteiger partial charge < -0.3 is 20.1 Å². The van der Waals surface area contributed by atoms with Crippen LogP contribution < -0.4 is 10.5 Å². The molecular formula is C29H26N4O4. The molecule has 0 amide bonds. The zero-order chi connectivity index (χ0) is 26.3. The molecule has 186 valence electrons. The van der Waals surface area contributed by atoms with E-state index in [2.05, 4.69) is 5.10 Å². The van der Waals surface area contributed by atoms with Gasteiger partial charge in [-0.3, -0.25) is 9.59 Å². The molecule has 0 atom stereocenters. The van der Waals surface area contributed by atoms with Crippen molar-refractivity contribution in [2.45, 2.75) is 20.4 Å². The molecule has 0 saturated carbocycles. The molecular weight excluding hydrogens is 468 g/mol. The quantitative estimate of drug-likeness (QED) is 0.248. The van der Waals surface area contributed by atoms with Crippen molar-refractivity contribution >= 4 is 28.8 Å². The van der Waals surface area contributed by atoms with E-state index in [0.717, 1.165) is 28.5 Å². The van der Waals surface area contributed by atoms with Gasteiger partial charge in [0.05, 0.1) is 35.8 Å². The van der Waals surface area contributed by atoms with Crippen molar-refractivity contribution in [3.8, 4) is 17.2 Å². The number of carbonyl (C=O) groups is 2. The number of phenols is 1. The number of carbonyl (C=O) groups excluding carboxylic acids is 2. The molecule has 3 N–H and O–H groups in total. The van der Waals surface area contributed by atoms with E-state index < -0.39 is 0 Å². The minimum atomic E-state index is -0.319. The number of nitrogens with zero attached hydrogens (tertiary/aromatic N) is 3. The van der Waals surface area contributed by atoms with Crippen LogP contribution in [0.4, 0.5) is 5.82 Å². The number of methoxy groups -OCH3 is 1. The van der Waals surface area contributed by atoms with Gasteiger partial charge >= 0.3 is 0 Å². The highest BCUT2D eigenvalue weighted by Gasteiger charge is 2.25. The second-order valence-corrected chi connectivity index (χ2v) is 8.93. The van der Waals surface area contributed by atoms with Gasteiger partial charge in [-0.1, -0.05) is 30.3 Å². The molecule has 5 rings (SSSR count). The van der Waals surface area contributed by atoms with Crippen LogP contribution >= 0.6 is 0 Å². The highest BCUT2D eigenvalue weighted by Crippen LogP contribution is 2.31.